The highest BCUT2D eigenvalue weighted by atomic mass is 16.1. The minimum atomic E-state index is 0.505. The van der Waals surface area contributed by atoms with Crippen LogP contribution >= 0.6 is 0 Å². The van der Waals surface area contributed by atoms with E-state index in [1.165, 1.54) is 0 Å². The van der Waals surface area contributed by atoms with E-state index >= 15 is 0 Å². The third-order valence-corrected chi connectivity index (χ3v) is 4.15. The van der Waals surface area contributed by atoms with Crippen molar-refractivity contribution in [2.75, 3.05) is 0 Å². The van der Waals surface area contributed by atoms with Crippen LogP contribution in [-0.2, 0) is 9.59 Å². The molecule has 0 saturated heterocycles. The van der Waals surface area contributed by atoms with Crippen LogP contribution in [0, 0.1) is 27.7 Å². The summed E-state index contributed by atoms with van der Waals surface area (Å²) in [7, 11) is 0. The molecule has 0 radical (unpaired) electrons. The van der Waals surface area contributed by atoms with E-state index in [1.807, 2.05) is 39.8 Å². The monoisotopic (exact) mass is 292 g/mol. The largest absolute Gasteiger partial charge is 0.240 e. The molecule has 0 unspecified atom stereocenters. The second-order valence-electron chi connectivity index (χ2n) is 5.15. The number of rotatable bonds is 3. The zero-order valence-corrected chi connectivity index (χ0v) is 13.0. The van der Waals surface area contributed by atoms with Gasteiger partial charge in [0.2, 0.25) is 12.2 Å². The number of benzene rings is 2. The van der Waals surface area contributed by atoms with Crippen LogP contribution in [0.15, 0.2) is 34.3 Å². The maximum absolute atomic E-state index is 10.9. The quantitative estimate of drug-likeness (QED) is 0.616. The number of carbonyl (C=O) groups excluding carboxylic acids is 2. The van der Waals surface area contributed by atoms with Crippen LogP contribution in [0.2, 0.25) is 0 Å². The first-order valence-corrected chi connectivity index (χ1v) is 6.88. The molecule has 4 heteroatoms. The highest BCUT2D eigenvalue weighted by molar-refractivity contribution is 5.90. The van der Waals surface area contributed by atoms with E-state index in [9.17, 15) is 9.59 Å². The molecule has 2 rings (SSSR count). The summed E-state index contributed by atoms with van der Waals surface area (Å²) in [5.41, 5.74) is 6.78. The van der Waals surface area contributed by atoms with Gasteiger partial charge in [-0.1, -0.05) is 18.2 Å². The molecular formula is C18H16N2O2. The van der Waals surface area contributed by atoms with Crippen molar-refractivity contribution in [1.29, 1.82) is 0 Å². The van der Waals surface area contributed by atoms with Gasteiger partial charge in [-0.15, -0.1) is 0 Å². The van der Waals surface area contributed by atoms with Crippen molar-refractivity contribution in [3.63, 3.8) is 0 Å². The second-order valence-corrected chi connectivity index (χ2v) is 5.15. The third-order valence-electron chi connectivity index (χ3n) is 4.15. The predicted molar refractivity (Wildman–Crippen MR) is 86.4 cm³/mol. The number of isocyanates is 2. The van der Waals surface area contributed by atoms with Gasteiger partial charge in [0.1, 0.15) is 0 Å². The van der Waals surface area contributed by atoms with Crippen LogP contribution < -0.4 is 0 Å². The van der Waals surface area contributed by atoms with Gasteiger partial charge in [-0.25, -0.2) is 9.59 Å². The summed E-state index contributed by atoms with van der Waals surface area (Å²) >= 11 is 0. The zero-order chi connectivity index (χ0) is 16.3. The van der Waals surface area contributed by atoms with E-state index in [0.29, 0.717) is 11.4 Å². The lowest BCUT2D eigenvalue weighted by molar-refractivity contribution is 0.564. The van der Waals surface area contributed by atoms with Crippen molar-refractivity contribution < 1.29 is 9.59 Å². The molecule has 4 nitrogen and oxygen atoms in total. The molecule has 0 heterocycles. The van der Waals surface area contributed by atoms with E-state index < -0.39 is 0 Å². The van der Waals surface area contributed by atoms with Crippen LogP contribution in [0.25, 0.3) is 11.1 Å². The summed E-state index contributed by atoms with van der Waals surface area (Å²) in [6.45, 7) is 7.93. The number of para-hydroxylation sites is 1. The third kappa shape index (κ3) is 2.53. The van der Waals surface area contributed by atoms with Crippen molar-refractivity contribution in [1.82, 2.24) is 0 Å². The Balaban J connectivity index is 2.98. The molecule has 2 aromatic carbocycles. The Hall–Kier alpha value is -2.80. The van der Waals surface area contributed by atoms with Crippen LogP contribution in [-0.4, -0.2) is 12.2 Å². The molecule has 0 aliphatic rings. The summed E-state index contributed by atoms with van der Waals surface area (Å²) in [6, 6.07) is 7.25. The molecule has 0 aromatic heterocycles. The Kier molecular flexibility index (Phi) is 4.47. The van der Waals surface area contributed by atoms with Gasteiger partial charge >= 0.3 is 0 Å². The second kappa shape index (κ2) is 6.31. The van der Waals surface area contributed by atoms with Gasteiger partial charge in [0.15, 0.2) is 0 Å². The summed E-state index contributed by atoms with van der Waals surface area (Å²) in [6.07, 6.45) is 3.20. The van der Waals surface area contributed by atoms with Crippen molar-refractivity contribution >= 4 is 23.5 Å². The summed E-state index contributed by atoms with van der Waals surface area (Å²) in [5.74, 6) is 0. The molecule has 0 atom stereocenters. The van der Waals surface area contributed by atoms with Crippen molar-refractivity contribution in [3.8, 4) is 11.1 Å². The van der Waals surface area contributed by atoms with E-state index in [2.05, 4.69) is 9.98 Å². The maximum atomic E-state index is 10.9. The SMILES string of the molecule is Cc1c(C)c(C)c(-c2ccccc2N=C=O)c(N=C=O)c1C. The first-order chi connectivity index (χ1) is 10.5. The molecule has 0 fully saturated rings. The highest BCUT2D eigenvalue weighted by Gasteiger charge is 2.18. The van der Waals surface area contributed by atoms with Crippen LogP contribution in [0.3, 0.4) is 0 Å². The minimum Gasteiger partial charge on any atom is -0.211 e. The summed E-state index contributed by atoms with van der Waals surface area (Å²) in [5, 5.41) is 0. The fourth-order valence-electron chi connectivity index (χ4n) is 2.64. The normalized spacial score (nSPS) is 9.82. The van der Waals surface area contributed by atoms with Crippen molar-refractivity contribution in [2.24, 2.45) is 9.98 Å². The fourth-order valence-corrected chi connectivity index (χ4v) is 2.64. The molecule has 0 N–H and O–H groups in total. The molecule has 2 aromatic rings. The number of hydrogen-bond donors (Lipinski definition) is 0. The van der Waals surface area contributed by atoms with Gasteiger partial charge < -0.3 is 0 Å². The van der Waals surface area contributed by atoms with Gasteiger partial charge in [0, 0.05) is 11.1 Å². The lowest BCUT2D eigenvalue weighted by Gasteiger charge is -2.18. The Labute approximate surface area is 129 Å². The van der Waals surface area contributed by atoms with Gasteiger partial charge in [-0.05, 0) is 56.0 Å². The van der Waals surface area contributed by atoms with Gasteiger partial charge in [-0.2, -0.15) is 9.98 Å². The molecule has 22 heavy (non-hydrogen) atoms. The summed E-state index contributed by atoms with van der Waals surface area (Å²) < 4.78 is 0. The maximum Gasteiger partial charge on any atom is 0.240 e. The molecule has 0 aliphatic heterocycles. The Morgan fingerprint density at radius 2 is 1.36 bits per heavy atom. The van der Waals surface area contributed by atoms with Crippen LogP contribution in [0.1, 0.15) is 22.3 Å². The van der Waals surface area contributed by atoms with Gasteiger partial charge in [0.05, 0.1) is 11.4 Å². The van der Waals surface area contributed by atoms with Crippen LogP contribution in [0.5, 0.6) is 0 Å². The summed E-state index contributed by atoms with van der Waals surface area (Å²) in [4.78, 5) is 29.2. The van der Waals surface area contributed by atoms with E-state index in [4.69, 9.17) is 0 Å². The molecule has 110 valence electrons. The number of hydrogen-bond acceptors (Lipinski definition) is 4. The van der Waals surface area contributed by atoms with Gasteiger partial charge in [0.25, 0.3) is 0 Å². The zero-order valence-electron chi connectivity index (χ0n) is 13.0. The average molecular weight is 292 g/mol. The van der Waals surface area contributed by atoms with Crippen molar-refractivity contribution in [2.45, 2.75) is 27.7 Å². The fraction of sp³-hybridized carbons (Fsp3) is 0.222. The smallest absolute Gasteiger partial charge is 0.211 e. The first kappa shape index (κ1) is 15.6. The predicted octanol–water partition coefficient (Wildman–Crippen LogP) is 4.52. The Morgan fingerprint density at radius 1 is 0.773 bits per heavy atom. The standard InChI is InChI=1S/C18H16N2O2/c1-11-12(2)14(4)18(20-10-22)17(13(11)3)15-7-5-6-8-16(15)19-9-21/h5-8H,1-4H3. The first-order valence-electron chi connectivity index (χ1n) is 6.88. The lowest BCUT2D eigenvalue weighted by atomic mass is 9.88. The van der Waals surface area contributed by atoms with E-state index in [-0.39, 0.29) is 0 Å². The Bertz CT molecular complexity index is 841. The lowest BCUT2D eigenvalue weighted by Crippen LogP contribution is -1.96. The molecule has 0 aliphatic carbocycles. The topological polar surface area (TPSA) is 58.9 Å². The molecular weight excluding hydrogens is 276 g/mol. The molecule has 0 spiro atoms. The molecule has 0 bridgehead atoms. The number of aliphatic imine (C=N–C) groups is 2. The van der Waals surface area contributed by atoms with E-state index in [1.54, 1.807) is 24.3 Å². The average Bonchev–Trinajstić information content (AvgIpc) is 2.52. The van der Waals surface area contributed by atoms with E-state index in [0.717, 1.165) is 33.4 Å². The minimum absolute atomic E-state index is 0.505. The molecule has 0 saturated carbocycles. The van der Waals surface area contributed by atoms with Crippen LogP contribution in [0.4, 0.5) is 11.4 Å². The molecule has 0 amide bonds. The Morgan fingerprint density at radius 3 is 2.00 bits per heavy atom. The highest BCUT2D eigenvalue weighted by Crippen LogP contribution is 2.43. The number of nitrogens with zero attached hydrogens (tertiary/aromatic N) is 2. The van der Waals surface area contributed by atoms with Crippen molar-refractivity contribution in [3.05, 3.63) is 46.5 Å². The van der Waals surface area contributed by atoms with Gasteiger partial charge in [-0.3, -0.25) is 0 Å².